The predicted molar refractivity (Wildman–Crippen MR) is 101 cm³/mol. The molecule has 0 aromatic carbocycles. The molecule has 2 aromatic heterocycles. The van der Waals surface area contributed by atoms with Gasteiger partial charge in [0.25, 0.3) is 0 Å². The lowest BCUT2D eigenvalue weighted by atomic mass is 9.91. The van der Waals surface area contributed by atoms with E-state index in [4.69, 9.17) is 9.51 Å². The number of aromatic nitrogens is 3. The summed E-state index contributed by atoms with van der Waals surface area (Å²) in [6, 6.07) is 1.93. The third-order valence-electron chi connectivity index (χ3n) is 5.54. The number of likely N-dealkylation sites (tertiary alicyclic amines) is 2. The van der Waals surface area contributed by atoms with Gasteiger partial charge in [-0.3, -0.25) is 9.69 Å². The molecular weight excluding hydrogens is 342 g/mol. The zero-order valence-corrected chi connectivity index (χ0v) is 16.1. The molecule has 4 heterocycles. The van der Waals surface area contributed by atoms with Crippen LogP contribution in [0, 0.1) is 13.8 Å². The maximum atomic E-state index is 12.5. The van der Waals surface area contributed by atoms with Crippen LogP contribution < -0.4 is 0 Å². The molecule has 4 rings (SSSR count). The Balaban J connectivity index is 1.52. The van der Waals surface area contributed by atoms with Gasteiger partial charge < -0.3 is 9.42 Å². The van der Waals surface area contributed by atoms with E-state index in [9.17, 15) is 4.79 Å². The number of piperidine rings is 1. The van der Waals surface area contributed by atoms with E-state index < -0.39 is 0 Å². The van der Waals surface area contributed by atoms with Crippen LogP contribution in [0.1, 0.15) is 48.8 Å². The molecule has 0 spiro atoms. The third-order valence-corrected chi connectivity index (χ3v) is 5.54. The zero-order chi connectivity index (χ0) is 18.8. The number of carbonyl (C=O) groups is 1. The standard InChI is InChI=1S/C20H27N5O2/c1-14-10-18(27-23-14)17-11-21-15(2)22-20(17)16-6-5-7-24(12-16)13-19(26)25-8-3-4-9-25/h10-11,16H,3-9,12-13H2,1-2H3/t16-/m1/s1. The molecule has 0 N–H and O–H groups in total. The highest BCUT2D eigenvalue weighted by molar-refractivity contribution is 5.78. The molecule has 144 valence electrons. The average molecular weight is 369 g/mol. The highest BCUT2D eigenvalue weighted by atomic mass is 16.5. The Morgan fingerprint density at radius 1 is 1.22 bits per heavy atom. The molecule has 1 amide bonds. The summed E-state index contributed by atoms with van der Waals surface area (Å²) >= 11 is 0. The highest BCUT2D eigenvalue weighted by Gasteiger charge is 2.29. The summed E-state index contributed by atoms with van der Waals surface area (Å²) in [5.74, 6) is 2.01. The molecule has 0 saturated carbocycles. The zero-order valence-electron chi connectivity index (χ0n) is 16.1. The number of carbonyl (C=O) groups excluding carboxylic acids is 1. The van der Waals surface area contributed by atoms with Gasteiger partial charge in [0.15, 0.2) is 5.76 Å². The number of aryl methyl sites for hydroxylation is 2. The van der Waals surface area contributed by atoms with E-state index in [-0.39, 0.29) is 11.8 Å². The lowest BCUT2D eigenvalue weighted by Crippen LogP contribution is -2.43. The van der Waals surface area contributed by atoms with Crippen LogP contribution >= 0.6 is 0 Å². The first-order chi connectivity index (χ1) is 13.1. The summed E-state index contributed by atoms with van der Waals surface area (Å²) in [6.07, 6.45) is 6.23. The second-order valence-corrected chi connectivity index (χ2v) is 7.71. The summed E-state index contributed by atoms with van der Waals surface area (Å²) in [7, 11) is 0. The molecule has 0 unspecified atom stereocenters. The van der Waals surface area contributed by atoms with E-state index in [0.717, 1.165) is 74.6 Å². The van der Waals surface area contributed by atoms with Gasteiger partial charge in [0.2, 0.25) is 5.91 Å². The van der Waals surface area contributed by atoms with Gasteiger partial charge in [0.1, 0.15) is 5.82 Å². The van der Waals surface area contributed by atoms with E-state index in [1.165, 1.54) is 0 Å². The summed E-state index contributed by atoms with van der Waals surface area (Å²) in [4.78, 5) is 25.9. The number of rotatable bonds is 4. The normalized spacial score (nSPS) is 21.0. The summed E-state index contributed by atoms with van der Waals surface area (Å²) < 4.78 is 5.48. The van der Waals surface area contributed by atoms with Crippen LogP contribution in [0.25, 0.3) is 11.3 Å². The van der Waals surface area contributed by atoms with Crippen LogP contribution in [-0.2, 0) is 4.79 Å². The van der Waals surface area contributed by atoms with Crippen molar-refractivity contribution in [3.63, 3.8) is 0 Å². The lowest BCUT2D eigenvalue weighted by Gasteiger charge is -2.33. The Bertz CT molecular complexity index is 812. The van der Waals surface area contributed by atoms with Gasteiger partial charge in [0, 0.05) is 37.8 Å². The first-order valence-electron chi connectivity index (χ1n) is 9.87. The molecule has 27 heavy (non-hydrogen) atoms. The molecule has 0 bridgehead atoms. The van der Waals surface area contributed by atoms with Gasteiger partial charge in [-0.05, 0) is 46.1 Å². The van der Waals surface area contributed by atoms with Crippen molar-refractivity contribution in [3.8, 4) is 11.3 Å². The first kappa shape index (κ1) is 18.1. The Labute approximate surface area is 159 Å². The first-order valence-corrected chi connectivity index (χ1v) is 9.87. The van der Waals surface area contributed by atoms with E-state index in [2.05, 4.69) is 15.0 Å². The largest absolute Gasteiger partial charge is 0.356 e. The molecule has 7 nitrogen and oxygen atoms in total. The molecular formula is C20H27N5O2. The molecule has 2 fully saturated rings. The smallest absolute Gasteiger partial charge is 0.236 e. The fraction of sp³-hybridized carbons (Fsp3) is 0.600. The monoisotopic (exact) mass is 369 g/mol. The minimum Gasteiger partial charge on any atom is -0.356 e. The van der Waals surface area contributed by atoms with Crippen molar-refractivity contribution in [2.24, 2.45) is 0 Å². The fourth-order valence-electron chi connectivity index (χ4n) is 4.16. The maximum absolute atomic E-state index is 12.5. The molecule has 1 atom stereocenters. The van der Waals surface area contributed by atoms with Crippen LogP contribution in [0.3, 0.4) is 0 Å². The van der Waals surface area contributed by atoms with Gasteiger partial charge in [-0.2, -0.15) is 0 Å². The van der Waals surface area contributed by atoms with Crippen molar-refractivity contribution in [3.05, 3.63) is 29.5 Å². The fourth-order valence-corrected chi connectivity index (χ4v) is 4.16. The molecule has 0 radical (unpaired) electrons. The number of nitrogens with zero attached hydrogens (tertiary/aromatic N) is 5. The Morgan fingerprint density at radius 3 is 2.78 bits per heavy atom. The van der Waals surface area contributed by atoms with Crippen LogP contribution in [0.4, 0.5) is 0 Å². The molecule has 2 aromatic rings. The van der Waals surface area contributed by atoms with Gasteiger partial charge in [-0.15, -0.1) is 0 Å². The molecule has 2 saturated heterocycles. The third kappa shape index (κ3) is 4.03. The lowest BCUT2D eigenvalue weighted by molar-refractivity contribution is -0.131. The Hall–Kier alpha value is -2.28. The van der Waals surface area contributed by atoms with E-state index in [0.29, 0.717) is 12.3 Å². The van der Waals surface area contributed by atoms with Crippen molar-refractivity contribution in [2.45, 2.75) is 45.4 Å². The Kier molecular flexibility index (Phi) is 5.20. The maximum Gasteiger partial charge on any atom is 0.236 e. The van der Waals surface area contributed by atoms with Crippen molar-refractivity contribution < 1.29 is 9.32 Å². The summed E-state index contributed by atoms with van der Waals surface area (Å²) in [6.45, 7) is 7.97. The van der Waals surface area contributed by atoms with Gasteiger partial charge in [-0.25, -0.2) is 9.97 Å². The van der Waals surface area contributed by atoms with Crippen LogP contribution in [0.5, 0.6) is 0 Å². The van der Waals surface area contributed by atoms with Crippen LogP contribution in [0.2, 0.25) is 0 Å². The second-order valence-electron chi connectivity index (χ2n) is 7.71. The molecule has 2 aliphatic rings. The van der Waals surface area contributed by atoms with Gasteiger partial charge in [0.05, 0.1) is 23.5 Å². The number of hydrogen-bond acceptors (Lipinski definition) is 6. The van der Waals surface area contributed by atoms with Crippen molar-refractivity contribution in [1.29, 1.82) is 0 Å². The number of amides is 1. The van der Waals surface area contributed by atoms with Crippen LogP contribution in [0.15, 0.2) is 16.8 Å². The van der Waals surface area contributed by atoms with Gasteiger partial charge >= 0.3 is 0 Å². The highest BCUT2D eigenvalue weighted by Crippen LogP contribution is 2.33. The van der Waals surface area contributed by atoms with E-state index >= 15 is 0 Å². The minimum atomic E-state index is 0.262. The topological polar surface area (TPSA) is 75.4 Å². The number of hydrogen-bond donors (Lipinski definition) is 0. The average Bonchev–Trinajstić information content (AvgIpc) is 3.34. The van der Waals surface area contributed by atoms with Crippen LogP contribution in [-0.4, -0.2) is 63.6 Å². The molecule has 0 aliphatic carbocycles. The quantitative estimate of drug-likeness (QED) is 0.824. The van der Waals surface area contributed by atoms with E-state index in [1.54, 1.807) is 0 Å². The Morgan fingerprint density at radius 2 is 2.04 bits per heavy atom. The summed E-state index contributed by atoms with van der Waals surface area (Å²) in [5, 5.41) is 4.01. The second kappa shape index (κ2) is 7.76. The van der Waals surface area contributed by atoms with Gasteiger partial charge in [-0.1, -0.05) is 5.16 Å². The van der Waals surface area contributed by atoms with Crippen molar-refractivity contribution in [2.75, 3.05) is 32.7 Å². The predicted octanol–water partition coefficient (Wildman–Crippen LogP) is 2.55. The van der Waals surface area contributed by atoms with E-state index in [1.807, 2.05) is 31.0 Å². The van der Waals surface area contributed by atoms with Crippen molar-refractivity contribution in [1.82, 2.24) is 24.9 Å². The minimum absolute atomic E-state index is 0.262. The summed E-state index contributed by atoms with van der Waals surface area (Å²) in [5.41, 5.74) is 2.77. The molecule has 2 aliphatic heterocycles. The molecule has 7 heteroatoms. The van der Waals surface area contributed by atoms with Crippen molar-refractivity contribution >= 4 is 5.91 Å². The SMILES string of the molecule is Cc1cc(-c2cnc(C)nc2[C@@H]2CCCN(CC(=O)N3CCCC3)C2)on1.